The van der Waals surface area contributed by atoms with Gasteiger partial charge in [0.25, 0.3) is 0 Å². The van der Waals surface area contributed by atoms with Crippen LogP contribution in [0.25, 0.3) is 0 Å². The second-order valence-corrected chi connectivity index (χ2v) is 10.9. The summed E-state index contributed by atoms with van der Waals surface area (Å²) in [5.74, 6) is 2.89. The number of aliphatic hydroxyl groups is 1. The molecule has 1 N–H and O–H groups in total. The summed E-state index contributed by atoms with van der Waals surface area (Å²) >= 11 is 0. The molecular formula is C24H40O3. The lowest BCUT2D eigenvalue weighted by Crippen LogP contribution is -2.56. The molecule has 4 aliphatic rings. The molecule has 0 spiro atoms. The zero-order chi connectivity index (χ0) is 19.4. The minimum absolute atomic E-state index is 0.119. The largest absolute Gasteiger partial charge is 0.463 e. The SMILES string of the molecule is CCC[C@]1(O)CC[C@@H]2[C@@H]3CC[C@@H]4C[C@H](OC(C)=O)CC[C@]4(C)[C@@H]3CC[C@@]21C. The van der Waals surface area contributed by atoms with Crippen LogP contribution in [-0.2, 0) is 9.53 Å². The summed E-state index contributed by atoms with van der Waals surface area (Å²) in [7, 11) is 0. The van der Waals surface area contributed by atoms with E-state index in [2.05, 4.69) is 20.8 Å². The molecule has 0 aromatic heterocycles. The molecule has 4 rings (SSSR count). The Labute approximate surface area is 165 Å². The highest BCUT2D eigenvalue weighted by Crippen LogP contribution is 2.68. The quantitative estimate of drug-likeness (QED) is 0.662. The Balaban J connectivity index is 1.54. The Kier molecular flexibility index (Phi) is 4.93. The Morgan fingerprint density at radius 2 is 1.78 bits per heavy atom. The first kappa shape index (κ1) is 19.7. The minimum atomic E-state index is -0.428. The van der Waals surface area contributed by atoms with E-state index in [1.54, 1.807) is 6.92 Å². The molecular weight excluding hydrogens is 336 g/mol. The summed E-state index contributed by atoms with van der Waals surface area (Å²) < 4.78 is 5.59. The van der Waals surface area contributed by atoms with Crippen LogP contribution in [0.2, 0.25) is 0 Å². The molecule has 4 saturated carbocycles. The Hall–Kier alpha value is -0.570. The van der Waals surface area contributed by atoms with E-state index in [0.717, 1.165) is 43.9 Å². The van der Waals surface area contributed by atoms with E-state index in [1.165, 1.54) is 38.5 Å². The second-order valence-electron chi connectivity index (χ2n) is 10.9. The van der Waals surface area contributed by atoms with Crippen molar-refractivity contribution < 1.29 is 14.6 Å². The van der Waals surface area contributed by atoms with Crippen LogP contribution >= 0.6 is 0 Å². The fourth-order valence-electron chi connectivity index (χ4n) is 8.49. The third kappa shape index (κ3) is 2.90. The minimum Gasteiger partial charge on any atom is -0.463 e. The average molecular weight is 377 g/mol. The van der Waals surface area contributed by atoms with Crippen molar-refractivity contribution in [3.8, 4) is 0 Å². The van der Waals surface area contributed by atoms with E-state index in [1.807, 2.05) is 0 Å². The van der Waals surface area contributed by atoms with E-state index in [9.17, 15) is 9.90 Å². The van der Waals surface area contributed by atoms with Crippen LogP contribution in [0.3, 0.4) is 0 Å². The number of carbonyl (C=O) groups is 1. The van der Waals surface area contributed by atoms with Crippen molar-refractivity contribution in [1.82, 2.24) is 0 Å². The molecule has 0 radical (unpaired) electrons. The van der Waals surface area contributed by atoms with Gasteiger partial charge in [0, 0.05) is 6.92 Å². The number of hydrogen-bond acceptors (Lipinski definition) is 3. The molecule has 0 bridgehead atoms. The maximum Gasteiger partial charge on any atom is 0.302 e. The van der Waals surface area contributed by atoms with E-state index in [-0.39, 0.29) is 17.5 Å². The van der Waals surface area contributed by atoms with Crippen LogP contribution in [0.15, 0.2) is 0 Å². The van der Waals surface area contributed by atoms with E-state index < -0.39 is 5.60 Å². The fraction of sp³-hybridized carbons (Fsp3) is 0.958. The van der Waals surface area contributed by atoms with Gasteiger partial charge in [-0.3, -0.25) is 4.79 Å². The number of ether oxygens (including phenoxy) is 1. The molecule has 3 heteroatoms. The molecule has 0 saturated heterocycles. The van der Waals surface area contributed by atoms with Gasteiger partial charge in [-0.15, -0.1) is 0 Å². The average Bonchev–Trinajstić information content (AvgIpc) is 2.86. The predicted octanol–water partition coefficient (Wildman–Crippen LogP) is 5.49. The van der Waals surface area contributed by atoms with Gasteiger partial charge in [-0.2, -0.15) is 0 Å². The smallest absolute Gasteiger partial charge is 0.302 e. The normalized spacial score (nSPS) is 51.8. The summed E-state index contributed by atoms with van der Waals surface area (Å²) in [5.41, 5.74) is 0.108. The van der Waals surface area contributed by atoms with Crippen LogP contribution in [-0.4, -0.2) is 22.8 Å². The van der Waals surface area contributed by atoms with Crippen LogP contribution < -0.4 is 0 Å². The lowest BCUT2D eigenvalue weighted by Gasteiger charge is -2.61. The number of carbonyl (C=O) groups excluding carboxylic acids is 1. The van der Waals surface area contributed by atoms with Gasteiger partial charge in [-0.05, 0) is 98.7 Å². The van der Waals surface area contributed by atoms with Crippen molar-refractivity contribution >= 4 is 5.97 Å². The van der Waals surface area contributed by atoms with Crippen molar-refractivity contribution in [2.75, 3.05) is 0 Å². The van der Waals surface area contributed by atoms with E-state index in [4.69, 9.17) is 4.74 Å². The maximum absolute atomic E-state index is 11.5. The van der Waals surface area contributed by atoms with Gasteiger partial charge < -0.3 is 9.84 Å². The van der Waals surface area contributed by atoms with Gasteiger partial charge >= 0.3 is 5.97 Å². The number of esters is 1. The lowest BCUT2D eigenvalue weighted by molar-refractivity contribution is -0.170. The molecule has 4 fully saturated rings. The van der Waals surface area contributed by atoms with E-state index >= 15 is 0 Å². The van der Waals surface area contributed by atoms with Crippen LogP contribution in [0.5, 0.6) is 0 Å². The second kappa shape index (κ2) is 6.75. The van der Waals surface area contributed by atoms with Gasteiger partial charge in [-0.1, -0.05) is 27.2 Å². The van der Waals surface area contributed by atoms with Gasteiger partial charge in [0.2, 0.25) is 0 Å². The number of rotatable bonds is 3. The number of hydrogen-bond donors (Lipinski definition) is 1. The molecule has 3 nitrogen and oxygen atoms in total. The first-order valence-corrected chi connectivity index (χ1v) is 11.6. The van der Waals surface area contributed by atoms with Gasteiger partial charge in [-0.25, -0.2) is 0 Å². The molecule has 154 valence electrons. The molecule has 0 aliphatic heterocycles. The molecule has 0 heterocycles. The topological polar surface area (TPSA) is 46.5 Å². The standard InChI is InChI=1S/C24H40O3/c1-5-11-24(26)14-10-21-19-7-6-17-15-18(27-16(2)25)8-12-22(17,3)20(19)9-13-23(21,24)4/h17-21,26H,5-15H2,1-4H3/t17-,18-,19-,20-,21-,22+,23+,24+/m1/s1. The van der Waals surface area contributed by atoms with Crippen molar-refractivity contribution in [1.29, 1.82) is 0 Å². The third-order valence-corrected chi connectivity index (χ3v) is 9.94. The highest BCUT2D eigenvalue weighted by molar-refractivity contribution is 5.66. The summed E-state index contributed by atoms with van der Waals surface area (Å²) in [4.78, 5) is 11.4. The molecule has 0 aromatic carbocycles. The molecule has 0 amide bonds. The van der Waals surface area contributed by atoms with Gasteiger partial charge in [0.1, 0.15) is 6.10 Å². The highest BCUT2D eigenvalue weighted by Gasteiger charge is 2.64. The maximum atomic E-state index is 11.5. The monoisotopic (exact) mass is 376 g/mol. The first-order chi connectivity index (χ1) is 12.7. The summed E-state index contributed by atoms with van der Waals surface area (Å²) in [6, 6.07) is 0. The summed E-state index contributed by atoms with van der Waals surface area (Å²) in [5, 5.41) is 11.5. The number of fused-ring (bicyclic) bond motifs is 5. The van der Waals surface area contributed by atoms with Gasteiger partial charge in [0.15, 0.2) is 0 Å². The molecule has 0 unspecified atom stereocenters. The summed E-state index contributed by atoms with van der Waals surface area (Å²) in [6.07, 6.45) is 12.9. The third-order valence-electron chi connectivity index (χ3n) is 9.94. The zero-order valence-corrected chi connectivity index (χ0v) is 17.9. The Bertz CT molecular complexity index is 588. The summed E-state index contributed by atoms with van der Waals surface area (Å²) in [6.45, 7) is 8.73. The Morgan fingerprint density at radius 1 is 1.04 bits per heavy atom. The van der Waals surface area contributed by atoms with Crippen molar-refractivity contribution in [2.45, 2.75) is 110 Å². The molecule has 0 aromatic rings. The van der Waals surface area contributed by atoms with Crippen molar-refractivity contribution in [2.24, 2.45) is 34.5 Å². The van der Waals surface area contributed by atoms with Crippen LogP contribution in [0, 0.1) is 34.5 Å². The highest BCUT2D eigenvalue weighted by atomic mass is 16.5. The fourth-order valence-corrected chi connectivity index (χ4v) is 8.49. The molecule has 27 heavy (non-hydrogen) atoms. The van der Waals surface area contributed by atoms with Gasteiger partial charge in [0.05, 0.1) is 5.60 Å². The zero-order valence-electron chi connectivity index (χ0n) is 17.9. The van der Waals surface area contributed by atoms with Crippen molar-refractivity contribution in [3.63, 3.8) is 0 Å². The van der Waals surface area contributed by atoms with Crippen LogP contribution in [0.4, 0.5) is 0 Å². The Morgan fingerprint density at radius 3 is 2.48 bits per heavy atom. The van der Waals surface area contributed by atoms with Crippen molar-refractivity contribution in [3.05, 3.63) is 0 Å². The predicted molar refractivity (Wildman–Crippen MR) is 107 cm³/mol. The first-order valence-electron chi connectivity index (χ1n) is 11.6. The molecule has 4 aliphatic carbocycles. The molecule has 8 atom stereocenters. The van der Waals surface area contributed by atoms with Crippen LogP contribution in [0.1, 0.15) is 98.3 Å². The van der Waals surface area contributed by atoms with E-state index in [0.29, 0.717) is 17.3 Å². The lowest BCUT2D eigenvalue weighted by atomic mass is 9.44.